The van der Waals surface area contributed by atoms with Gasteiger partial charge in [-0.1, -0.05) is 0 Å². The first-order valence-corrected chi connectivity index (χ1v) is 10.1. The van der Waals surface area contributed by atoms with E-state index in [1.165, 1.54) is 18.4 Å². The Bertz CT molecular complexity index is 544. The van der Waals surface area contributed by atoms with Crippen LogP contribution in [0, 0.1) is 0 Å². The zero-order valence-electron chi connectivity index (χ0n) is 10.4. The summed E-state index contributed by atoms with van der Waals surface area (Å²) in [6, 6.07) is 10.8. The summed E-state index contributed by atoms with van der Waals surface area (Å²) < 4.78 is 3.55. The molecule has 0 amide bonds. The molecule has 0 aliphatic heterocycles. The first-order valence-electron chi connectivity index (χ1n) is 6.47. The van der Waals surface area contributed by atoms with Crippen LogP contribution in [-0.4, -0.2) is 0 Å². The Morgan fingerprint density at radius 1 is 1.00 bits per heavy atom. The minimum atomic E-state index is -0.719. The van der Waals surface area contributed by atoms with Crippen molar-refractivity contribution in [3.63, 3.8) is 0 Å². The number of allylic oxidation sites excluding steroid dienone is 8. The van der Waals surface area contributed by atoms with Crippen molar-refractivity contribution in [3.05, 3.63) is 78.5 Å². The molecule has 0 N–H and O–H groups in total. The molecule has 0 bridgehead atoms. The third kappa shape index (κ3) is 2.89. The fourth-order valence-corrected chi connectivity index (χ4v) is 7.21. The Morgan fingerprint density at radius 2 is 1.89 bits per heavy atom. The molecule has 0 saturated carbocycles. The molecule has 0 nitrogen and oxygen atoms in total. The molecule has 3 rings (SSSR count). The van der Waals surface area contributed by atoms with Crippen LogP contribution >= 0.6 is 0 Å². The van der Waals surface area contributed by atoms with Gasteiger partial charge < -0.3 is 0 Å². The Balaban J connectivity index is 1.74. The standard InChI is InChI=1S/C12H11.C5H5.Hf/c1-2-6-11(7-3-1)10-12-8-4-5-9-12;1-2-4-5-3-1;/h1-4,6-8H,5,10H2;1-3H,4H2;. The van der Waals surface area contributed by atoms with Crippen LogP contribution < -0.4 is 0 Å². The first-order chi connectivity index (χ1) is 8.92. The van der Waals surface area contributed by atoms with Crippen molar-refractivity contribution in [1.29, 1.82) is 0 Å². The summed E-state index contributed by atoms with van der Waals surface area (Å²) in [6.07, 6.45) is 15.2. The summed E-state index contributed by atoms with van der Waals surface area (Å²) in [5, 5.41) is 0. The molecule has 2 aliphatic carbocycles. The molecule has 1 aromatic rings. The van der Waals surface area contributed by atoms with Crippen LogP contribution in [0.25, 0.3) is 0 Å². The van der Waals surface area contributed by atoms with E-state index in [1.54, 1.807) is 12.2 Å². The SMILES string of the molecule is C1=CC[C]([Hf][C]2=C(Cc3ccccc3)C=CC2)=C1. The van der Waals surface area contributed by atoms with E-state index >= 15 is 0 Å². The van der Waals surface area contributed by atoms with Crippen LogP contribution in [0.15, 0.2) is 72.9 Å². The van der Waals surface area contributed by atoms with Gasteiger partial charge in [0.25, 0.3) is 0 Å². The van der Waals surface area contributed by atoms with E-state index in [0.29, 0.717) is 0 Å². The van der Waals surface area contributed by atoms with E-state index < -0.39 is 22.9 Å². The molecule has 1 heteroatoms. The quantitative estimate of drug-likeness (QED) is 0.661. The molecule has 0 spiro atoms. The number of hydrogen-bond donors (Lipinski definition) is 0. The third-order valence-corrected chi connectivity index (χ3v) is 8.81. The monoisotopic (exact) mass is 400 g/mol. The zero-order chi connectivity index (χ0) is 12.2. The van der Waals surface area contributed by atoms with Gasteiger partial charge >= 0.3 is 121 Å². The Labute approximate surface area is 120 Å². The summed E-state index contributed by atoms with van der Waals surface area (Å²) in [4.78, 5) is 0. The summed E-state index contributed by atoms with van der Waals surface area (Å²) in [7, 11) is 0. The second-order valence-corrected chi connectivity index (χ2v) is 10.1. The van der Waals surface area contributed by atoms with Gasteiger partial charge in [0, 0.05) is 0 Å². The van der Waals surface area contributed by atoms with E-state index in [-0.39, 0.29) is 0 Å². The number of rotatable bonds is 4. The van der Waals surface area contributed by atoms with Crippen molar-refractivity contribution in [1.82, 2.24) is 0 Å². The zero-order valence-corrected chi connectivity index (χ0v) is 14.0. The summed E-state index contributed by atoms with van der Waals surface area (Å²) in [5.74, 6) is 0. The van der Waals surface area contributed by atoms with E-state index in [1.807, 2.05) is 0 Å². The van der Waals surface area contributed by atoms with Crippen molar-refractivity contribution < 1.29 is 22.9 Å². The van der Waals surface area contributed by atoms with Gasteiger partial charge in [-0.05, 0) is 0 Å². The molecule has 1 aromatic carbocycles. The van der Waals surface area contributed by atoms with Gasteiger partial charge in [0.1, 0.15) is 0 Å². The Morgan fingerprint density at radius 3 is 2.67 bits per heavy atom. The van der Waals surface area contributed by atoms with Crippen LogP contribution in [0.2, 0.25) is 0 Å². The fraction of sp³-hybridized carbons (Fsp3) is 0.176. The van der Waals surface area contributed by atoms with Crippen LogP contribution in [0.3, 0.4) is 0 Å². The maximum absolute atomic E-state index is 2.36. The van der Waals surface area contributed by atoms with Crippen molar-refractivity contribution >= 4 is 0 Å². The summed E-state index contributed by atoms with van der Waals surface area (Å²) in [5.41, 5.74) is 3.05. The average Bonchev–Trinajstić information content (AvgIpc) is 3.04. The molecule has 0 atom stereocenters. The summed E-state index contributed by atoms with van der Waals surface area (Å²) in [6.45, 7) is 0. The van der Waals surface area contributed by atoms with Crippen LogP contribution in [0.1, 0.15) is 18.4 Å². The molecule has 18 heavy (non-hydrogen) atoms. The van der Waals surface area contributed by atoms with E-state index in [0.717, 1.165) is 6.42 Å². The molecule has 2 aliphatic rings. The number of hydrogen-bond acceptors (Lipinski definition) is 0. The molecule has 0 heterocycles. The molecular formula is C17H16Hf. The van der Waals surface area contributed by atoms with Gasteiger partial charge in [-0.3, -0.25) is 0 Å². The van der Waals surface area contributed by atoms with Crippen LogP contribution in [0.4, 0.5) is 0 Å². The first kappa shape index (κ1) is 12.1. The Kier molecular flexibility index (Phi) is 3.90. The molecule has 0 unspecified atom stereocenters. The fourth-order valence-electron chi connectivity index (χ4n) is 2.40. The van der Waals surface area contributed by atoms with Crippen molar-refractivity contribution in [2.24, 2.45) is 0 Å². The molecule has 0 aromatic heterocycles. The van der Waals surface area contributed by atoms with E-state index in [2.05, 4.69) is 60.7 Å². The second-order valence-electron chi connectivity index (χ2n) is 4.72. The van der Waals surface area contributed by atoms with Crippen LogP contribution in [-0.2, 0) is 29.3 Å². The van der Waals surface area contributed by atoms with Gasteiger partial charge in [-0.2, -0.15) is 0 Å². The maximum atomic E-state index is 2.36. The minimum absolute atomic E-state index is 0.719. The molecule has 88 valence electrons. The predicted molar refractivity (Wildman–Crippen MR) is 72.8 cm³/mol. The van der Waals surface area contributed by atoms with Gasteiger partial charge in [0.15, 0.2) is 0 Å². The molecular weight excluding hydrogens is 383 g/mol. The molecule has 0 fully saturated rings. The van der Waals surface area contributed by atoms with Gasteiger partial charge in [-0.15, -0.1) is 0 Å². The second kappa shape index (κ2) is 5.79. The van der Waals surface area contributed by atoms with E-state index in [9.17, 15) is 0 Å². The van der Waals surface area contributed by atoms with Crippen molar-refractivity contribution in [2.45, 2.75) is 19.3 Å². The normalized spacial score (nSPS) is 17.4. The van der Waals surface area contributed by atoms with Gasteiger partial charge in [0.05, 0.1) is 0 Å². The average molecular weight is 399 g/mol. The van der Waals surface area contributed by atoms with Crippen LogP contribution in [0.5, 0.6) is 0 Å². The van der Waals surface area contributed by atoms with Crippen molar-refractivity contribution in [2.75, 3.05) is 0 Å². The molecule has 0 saturated heterocycles. The van der Waals surface area contributed by atoms with Crippen molar-refractivity contribution in [3.8, 4) is 0 Å². The summed E-state index contributed by atoms with van der Waals surface area (Å²) >= 11 is -0.719. The number of benzene rings is 1. The van der Waals surface area contributed by atoms with Gasteiger partial charge in [0.2, 0.25) is 0 Å². The molecule has 0 radical (unpaired) electrons. The topological polar surface area (TPSA) is 0 Å². The Hall–Kier alpha value is -0.950. The van der Waals surface area contributed by atoms with E-state index in [4.69, 9.17) is 0 Å². The van der Waals surface area contributed by atoms with Gasteiger partial charge in [-0.25, -0.2) is 0 Å². The predicted octanol–water partition coefficient (Wildman–Crippen LogP) is 4.37. The third-order valence-electron chi connectivity index (χ3n) is 3.35.